The molecule has 2 heterocycles. The summed E-state index contributed by atoms with van der Waals surface area (Å²) in [5.41, 5.74) is 1.87. The second kappa shape index (κ2) is 8.51. The molecule has 1 aromatic carbocycles. The molecular weight excluding hydrogens is 448 g/mol. The van der Waals surface area contributed by atoms with Crippen LogP contribution in [0, 0.1) is 0 Å². The fourth-order valence-electron chi connectivity index (χ4n) is 3.12. The maximum Gasteiger partial charge on any atom is 0.237 e. The van der Waals surface area contributed by atoms with Gasteiger partial charge >= 0.3 is 0 Å². The normalized spacial score (nSPS) is 14.1. The van der Waals surface area contributed by atoms with Crippen LogP contribution in [0.1, 0.15) is 32.4 Å². The molecule has 3 aromatic rings. The van der Waals surface area contributed by atoms with Gasteiger partial charge in [-0.1, -0.05) is 6.07 Å². The molecule has 1 fully saturated rings. The zero-order valence-corrected chi connectivity index (χ0v) is 19.6. The molecule has 0 spiro atoms. The monoisotopic (exact) mass is 472 g/mol. The van der Waals surface area contributed by atoms with Crippen LogP contribution in [0.25, 0.3) is 11.1 Å². The van der Waals surface area contributed by atoms with Gasteiger partial charge < -0.3 is 10.1 Å². The van der Waals surface area contributed by atoms with Gasteiger partial charge in [-0.2, -0.15) is 0 Å². The average Bonchev–Trinajstić information content (AvgIpc) is 3.54. The lowest BCUT2D eigenvalue weighted by molar-refractivity contribution is -0.120. The number of rotatable bonds is 8. The summed E-state index contributed by atoms with van der Waals surface area (Å²) in [5.74, 6) is 0.342. The molecule has 10 heteroatoms. The first kappa shape index (κ1) is 22.2. The smallest absolute Gasteiger partial charge is 0.237 e. The van der Waals surface area contributed by atoms with Crippen molar-refractivity contribution in [1.29, 1.82) is 0 Å². The number of benzene rings is 1. The third-order valence-corrected chi connectivity index (χ3v) is 8.05. The predicted octanol–water partition coefficient (Wildman–Crippen LogP) is 4.03. The van der Waals surface area contributed by atoms with Crippen molar-refractivity contribution in [2.45, 2.75) is 37.4 Å². The molecule has 1 amide bonds. The molecule has 32 heavy (non-hydrogen) atoms. The minimum absolute atomic E-state index is 0.268. The number of hydrogen-bond acceptors (Lipinski definition) is 7. The Hall–Kier alpha value is -2.98. The summed E-state index contributed by atoms with van der Waals surface area (Å²) in [7, 11) is -1.82. The third kappa shape index (κ3) is 4.61. The van der Waals surface area contributed by atoms with Crippen LogP contribution in [-0.4, -0.2) is 36.7 Å². The maximum absolute atomic E-state index is 13.1. The summed E-state index contributed by atoms with van der Waals surface area (Å²) < 4.78 is 32.3. The molecule has 0 unspecified atom stereocenters. The molecule has 0 bridgehead atoms. The Labute approximate surface area is 191 Å². The number of amides is 1. The Morgan fingerprint density at radius 2 is 2.03 bits per heavy atom. The number of carbonyl (C=O) groups is 1. The van der Waals surface area contributed by atoms with Crippen molar-refractivity contribution < 1.29 is 17.9 Å². The second-order valence-electron chi connectivity index (χ2n) is 8.12. The second-order valence-corrected chi connectivity index (χ2v) is 10.9. The topological polar surface area (TPSA) is 110 Å². The summed E-state index contributed by atoms with van der Waals surface area (Å²) in [4.78, 5) is 21.6. The fraction of sp³-hybridized carbons (Fsp3) is 0.318. The minimum Gasteiger partial charge on any atom is -0.496 e. The van der Waals surface area contributed by atoms with Crippen LogP contribution in [-0.2, 0) is 20.2 Å². The number of hydrogen-bond donors (Lipinski definition) is 2. The minimum atomic E-state index is -3.40. The molecule has 1 aliphatic carbocycles. The maximum atomic E-state index is 13.1. The van der Waals surface area contributed by atoms with Crippen molar-refractivity contribution >= 4 is 38.1 Å². The number of thiazole rings is 1. The number of methoxy groups -OCH3 is 1. The van der Waals surface area contributed by atoms with Crippen LogP contribution in [0.3, 0.4) is 0 Å². The van der Waals surface area contributed by atoms with Gasteiger partial charge in [0.2, 0.25) is 15.9 Å². The van der Waals surface area contributed by atoms with Gasteiger partial charge in [-0.15, -0.1) is 11.3 Å². The number of aromatic nitrogens is 2. The van der Waals surface area contributed by atoms with E-state index in [9.17, 15) is 13.2 Å². The number of pyridine rings is 1. The van der Waals surface area contributed by atoms with Crippen molar-refractivity contribution in [3.05, 3.63) is 53.8 Å². The quantitative estimate of drug-likeness (QED) is 0.512. The van der Waals surface area contributed by atoms with Crippen molar-refractivity contribution in [3.8, 4) is 16.9 Å². The molecule has 0 atom stereocenters. The Kier molecular flexibility index (Phi) is 5.91. The van der Waals surface area contributed by atoms with Gasteiger partial charge in [0, 0.05) is 40.7 Å². The number of ether oxygens (including phenoxy) is 1. The van der Waals surface area contributed by atoms with Crippen molar-refractivity contribution in [2.75, 3.05) is 17.1 Å². The Bertz CT molecular complexity index is 1240. The molecule has 1 aliphatic rings. The largest absolute Gasteiger partial charge is 0.496 e. The molecule has 2 aromatic heterocycles. The summed E-state index contributed by atoms with van der Waals surface area (Å²) in [6, 6.07) is 9.21. The van der Waals surface area contributed by atoms with E-state index in [-0.39, 0.29) is 16.3 Å². The zero-order chi connectivity index (χ0) is 22.9. The Balaban J connectivity index is 1.50. The summed E-state index contributed by atoms with van der Waals surface area (Å²) >= 11 is 1.17. The van der Waals surface area contributed by atoms with Crippen LogP contribution in [0.4, 0.5) is 10.8 Å². The number of nitrogens with zero attached hydrogens (tertiary/aromatic N) is 2. The summed E-state index contributed by atoms with van der Waals surface area (Å²) in [6.45, 7) is 3.50. The Morgan fingerprint density at radius 1 is 1.25 bits per heavy atom. The highest BCUT2D eigenvalue weighted by Gasteiger charge is 2.37. The van der Waals surface area contributed by atoms with Crippen molar-refractivity contribution in [3.63, 3.8) is 0 Å². The van der Waals surface area contributed by atoms with Gasteiger partial charge in [0.05, 0.1) is 23.5 Å². The fourth-order valence-corrected chi connectivity index (χ4v) is 5.60. The van der Waals surface area contributed by atoms with Gasteiger partial charge in [-0.3, -0.25) is 14.5 Å². The van der Waals surface area contributed by atoms with Crippen LogP contribution in [0.2, 0.25) is 0 Å². The van der Waals surface area contributed by atoms with Crippen molar-refractivity contribution in [1.82, 2.24) is 9.97 Å². The van der Waals surface area contributed by atoms with Gasteiger partial charge in [0.1, 0.15) is 5.75 Å². The first-order valence-corrected chi connectivity index (χ1v) is 12.5. The molecule has 8 nitrogen and oxygen atoms in total. The van der Waals surface area contributed by atoms with E-state index in [4.69, 9.17) is 4.74 Å². The standard InChI is InChI=1S/C22H24N4O4S2/c1-22(2,19-13-31-21(25-19)26-32(28,29)16-7-8-16)20(27)24-15-6-9-17(18(11-15)30-3)14-5-4-10-23-12-14/h4-6,9-13,16H,7-8H2,1-3H3,(H,24,27)(H,25,26). The highest BCUT2D eigenvalue weighted by atomic mass is 32.2. The average molecular weight is 473 g/mol. The lowest BCUT2D eigenvalue weighted by Gasteiger charge is -2.22. The van der Waals surface area contributed by atoms with E-state index in [0.29, 0.717) is 30.0 Å². The SMILES string of the molecule is COc1cc(NC(=O)C(C)(C)c2csc(NS(=O)(=O)C3CC3)n2)ccc1-c1cccnc1. The highest BCUT2D eigenvalue weighted by molar-refractivity contribution is 7.93. The van der Waals surface area contributed by atoms with E-state index >= 15 is 0 Å². The van der Waals surface area contributed by atoms with Gasteiger partial charge in [-0.25, -0.2) is 13.4 Å². The molecule has 0 saturated heterocycles. The van der Waals surface area contributed by atoms with Crippen molar-refractivity contribution in [2.24, 2.45) is 0 Å². The number of anilines is 2. The molecule has 168 valence electrons. The number of nitrogens with one attached hydrogen (secondary N) is 2. The van der Waals surface area contributed by atoms with E-state index in [2.05, 4.69) is 20.0 Å². The van der Waals surface area contributed by atoms with E-state index in [1.807, 2.05) is 18.2 Å². The Morgan fingerprint density at radius 3 is 2.69 bits per heavy atom. The number of sulfonamides is 1. The summed E-state index contributed by atoms with van der Waals surface area (Å²) in [5, 5.41) is 4.55. The third-order valence-electron chi connectivity index (χ3n) is 5.34. The van der Waals surface area contributed by atoms with E-state index in [1.54, 1.807) is 50.9 Å². The van der Waals surface area contributed by atoms with Crippen LogP contribution < -0.4 is 14.8 Å². The molecular formula is C22H24N4O4S2. The van der Waals surface area contributed by atoms with Gasteiger partial charge in [0.15, 0.2) is 5.13 Å². The van der Waals surface area contributed by atoms with E-state index in [0.717, 1.165) is 11.1 Å². The van der Waals surface area contributed by atoms with Gasteiger partial charge in [-0.05, 0) is 44.9 Å². The van der Waals surface area contributed by atoms with E-state index in [1.165, 1.54) is 11.3 Å². The lowest BCUT2D eigenvalue weighted by Crippen LogP contribution is -2.35. The zero-order valence-electron chi connectivity index (χ0n) is 18.0. The summed E-state index contributed by atoms with van der Waals surface area (Å²) in [6.07, 6.45) is 4.79. The molecule has 0 aliphatic heterocycles. The van der Waals surface area contributed by atoms with Crippen LogP contribution >= 0.6 is 11.3 Å². The van der Waals surface area contributed by atoms with Crippen LogP contribution in [0.15, 0.2) is 48.1 Å². The highest BCUT2D eigenvalue weighted by Crippen LogP contribution is 2.35. The van der Waals surface area contributed by atoms with Crippen LogP contribution in [0.5, 0.6) is 5.75 Å². The molecule has 0 radical (unpaired) electrons. The lowest BCUT2D eigenvalue weighted by atomic mass is 9.89. The van der Waals surface area contributed by atoms with Gasteiger partial charge in [0.25, 0.3) is 0 Å². The predicted molar refractivity (Wildman–Crippen MR) is 126 cm³/mol. The number of carbonyl (C=O) groups excluding carboxylic acids is 1. The molecule has 2 N–H and O–H groups in total. The molecule has 4 rings (SSSR count). The first-order chi connectivity index (χ1) is 15.2. The van der Waals surface area contributed by atoms with E-state index < -0.39 is 15.4 Å². The first-order valence-electron chi connectivity index (χ1n) is 10.1. The molecule has 1 saturated carbocycles.